The fourth-order valence-corrected chi connectivity index (χ4v) is 4.00. The Kier molecular flexibility index (Phi) is 5.60. The molecule has 0 atom stereocenters. The Labute approximate surface area is 133 Å². The van der Waals surface area contributed by atoms with Crippen LogP contribution in [-0.4, -0.2) is 44.1 Å². The summed E-state index contributed by atoms with van der Waals surface area (Å²) in [6, 6.07) is 9.69. The summed E-state index contributed by atoms with van der Waals surface area (Å²) < 4.78 is 23.8. The number of aromatic carboxylic acids is 1. The molecule has 1 N–H and O–H groups in total. The molecule has 2 rings (SSSR count). The Morgan fingerprint density at radius 3 is 2.25 bits per heavy atom. The molecule has 7 heteroatoms. The molecule has 0 aliphatic heterocycles. The summed E-state index contributed by atoms with van der Waals surface area (Å²) in [6.07, 6.45) is 0. The molecule has 0 radical (unpaired) electrons. The van der Waals surface area contributed by atoms with Crippen LogP contribution in [0.3, 0.4) is 0 Å². The van der Waals surface area contributed by atoms with Crippen molar-refractivity contribution in [2.75, 3.05) is 5.75 Å². The third kappa shape index (κ3) is 3.52. The van der Waals surface area contributed by atoms with Gasteiger partial charge in [0, 0.05) is 4.88 Å². The zero-order valence-corrected chi connectivity index (χ0v) is 11.8. The molecule has 1 aromatic heterocycles. The minimum atomic E-state index is -3.18. The summed E-state index contributed by atoms with van der Waals surface area (Å²) >= 11 is 1.20. The SMILES string of the molecule is CCS(=O)(=O)c1ccc(-c2ccc(C(=O)O)cc2)s1.[LiH]. The summed E-state index contributed by atoms with van der Waals surface area (Å²) in [5, 5.41) is 8.81. The van der Waals surface area contributed by atoms with E-state index in [0.29, 0.717) is 4.21 Å². The molecule has 0 spiro atoms. The normalized spacial score (nSPS) is 10.8. The Bertz CT molecular complexity index is 702. The molecule has 0 bridgehead atoms. The maximum absolute atomic E-state index is 11.7. The predicted octanol–water partition coefficient (Wildman–Crippen LogP) is 2.26. The quantitative estimate of drug-likeness (QED) is 0.880. The van der Waals surface area contributed by atoms with Crippen molar-refractivity contribution in [3.63, 3.8) is 0 Å². The van der Waals surface area contributed by atoms with Crippen LogP contribution in [0.4, 0.5) is 0 Å². The van der Waals surface area contributed by atoms with E-state index in [2.05, 4.69) is 0 Å². The second kappa shape index (κ2) is 6.59. The zero-order chi connectivity index (χ0) is 14.0. The van der Waals surface area contributed by atoms with Gasteiger partial charge in [0.1, 0.15) is 4.21 Å². The Morgan fingerprint density at radius 2 is 1.75 bits per heavy atom. The average Bonchev–Trinajstić information content (AvgIpc) is 2.89. The van der Waals surface area contributed by atoms with Crippen molar-refractivity contribution < 1.29 is 18.3 Å². The van der Waals surface area contributed by atoms with Crippen LogP contribution in [0.5, 0.6) is 0 Å². The first-order chi connectivity index (χ1) is 8.94. The van der Waals surface area contributed by atoms with E-state index in [4.69, 9.17) is 5.11 Å². The van der Waals surface area contributed by atoms with Crippen molar-refractivity contribution in [2.45, 2.75) is 11.1 Å². The van der Waals surface area contributed by atoms with Gasteiger partial charge in [-0.25, -0.2) is 13.2 Å². The van der Waals surface area contributed by atoms with E-state index in [1.165, 1.54) is 23.5 Å². The summed E-state index contributed by atoms with van der Waals surface area (Å²) in [6.45, 7) is 1.61. The van der Waals surface area contributed by atoms with Crippen molar-refractivity contribution >= 4 is 46.0 Å². The van der Waals surface area contributed by atoms with E-state index >= 15 is 0 Å². The van der Waals surface area contributed by atoms with Crippen LogP contribution in [0.1, 0.15) is 17.3 Å². The van der Waals surface area contributed by atoms with E-state index in [1.54, 1.807) is 31.2 Å². The Morgan fingerprint density at radius 1 is 1.15 bits per heavy atom. The second-order valence-corrected chi connectivity index (χ2v) is 7.49. The topological polar surface area (TPSA) is 71.4 Å². The van der Waals surface area contributed by atoms with Gasteiger partial charge in [-0.1, -0.05) is 19.1 Å². The molecule has 0 unspecified atom stereocenters. The van der Waals surface area contributed by atoms with Crippen LogP contribution in [0.15, 0.2) is 40.6 Å². The van der Waals surface area contributed by atoms with Crippen molar-refractivity contribution in [1.82, 2.24) is 0 Å². The molecule has 1 aromatic carbocycles. The van der Waals surface area contributed by atoms with Gasteiger partial charge in [0.15, 0.2) is 9.84 Å². The molecule has 2 aromatic rings. The van der Waals surface area contributed by atoms with Crippen LogP contribution in [0, 0.1) is 0 Å². The van der Waals surface area contributed by atoms with Crippen molar-refractivity contribution in [1.29, 1.82) is 0 Å². The number of carboxylic acid groups (broad SMARTS) is 1. The number of benzene rings is 1. The molecule has 0 amide bonds. The van der Waals surface area contributed by atoms with Crippen LogP contribution in [0.2, 0.25) is 0 Å². The molecule has 0 aliphatic rings. The van der Waals surface area contributed by atoms with Gasteiger partial charge in [-0.15, -0.1) is 11.3 Å². The van der Waals surface area contributed by atoms with Gasteiger partial charge in [0.25, 0.3) is 0 Å². The van der Waals surface area contributed by atoms with E-state index < -0.39 is 15.8 Å². The Hall–Kier alpha value is -1.06. The second-order valence-electron chi connectivity index (χ2n) is 3.90. The van der Waals surface area contributed by atoms with Crippen molar-refractivity contribution in [2.24, 2.45) is 0 Å². The van der Waals surface area contributed by atoms with Crippen molar-refractivity contribution in [3.8, 4) is 10.4 Å². The fraction of sp³-hybridized carbons (Fsp3) is 0.154. The number of carbonyl (C=O) groups is 1. The molecule has 4 nitrogen and oxygen atoms in total. The summed E-state index contributed by atoms with van der Waals surface area (Å²) in [5.41, 5.74) is 1.02. The number of rotatable bonds is 4. The van der Waals surface area contributed by atoms with Gasteiger partial charge in [0.2, 0.25) is 0 Å². The van der Waals surface area contributed by atoms with E-state index in [9.17, 15) is 13.2 Å². The van der Waals surface area contributed by atoms with Crippen LogP contribution in [0.25, 0.3) is 10.4 Å². The fourth-order valence-electron chi connectivity index (χ4n) is 1.56. The van der Waals surface area contributed by atoms with Gasteiger partial charge < -0.3 is 5.11 Å². The number of thiophene rings is 1. The van der Waals surface area contributed by atoms with Gasteiger partial charge in [-0.3, -0.25) is 0 Å². The first-order valence-electron chi connectivity index (χ1n) is 5.60. The van der Waals surface area contributed by atoms with Gasteiger partial charge in [0.05, 0.1) is 11.3 Å². The molecule has 1 heterocycles. The van der Waals surface area contributed by atoms with Crippen LogP contribution < -0.4 is 0 Å². The zero-order valence-electron chi connectivity index (χ0n) is 10.2. The number of hydrogen-bond donors (Lipinski definition) is 1. The standard InChI is InChI=1S/C13H12O4S2.Li.H/c1-2-19(16,17)12-8-7-11(18-12)9-3-5-10(6-4-9)13(14)15;;/h3-8H,2H2,1H3,(H,14,15);;. The van der Waals surface area contributed by atoms with Crippen LogP contribution in [-0.2, 0) is 9.84 Å². The first-order valence-corrected chi connectivity index (χ1v) is 8.07. The van der Waals surface area contributed by atoms with Gasteiger partial charge >= 0.3 is 24.8 Å². The third-order valence-corrected chi connectivity index (χ3v) is 6.13. The third-order valence-electron chi connectivity index (χ3n) is 2.68. The monoisotopic (exact) mass is 304 g/mol. The number of sulfone groups is 1. The van der Waals surface area contributed by atoms with E-state index in [0.717, 1.165) is 10.4 Å². The van der Waals surface area contributed by atoms with Crippen molar-refractivity contribution in [3.05, 3.63) is 42.0 Å². The molecular formula is C13H13LiO4S2. The molecule has 102 valence electrons. The summed E-state index contributed by atoms with van der Waals surface area (Å²) in [4.78, 5) is 11.6. The summed E-state index contributed by atoms with van der Waals surface area (Å²) in [5.74, 6) is -0.905. The van der Waals surface area contributed by atoms with E-state index in [1.807, 2.05) is 0 Å². The molecular weight excluding hydrogens is 291 g/mol. The predicted molar refractivity (Wildman–Crippen MR) is 81.6 cm³/mol. The van der Waals surface area contributed by atoms with Crippen LogP contribution >= 0.6 is 11.3 Å². The number of hydrogen-bond acceptors (Lipinski definition) is 4. The summed E-state index contributed by atoms with van der Waals surface area (Å²) in [7, 11) is -3.18. The maximum atomic E-state index is 11.7. The minimum absolute atomic E-state index is 0. The van der Waals surface area contributed by atoms with E-state index in [-0.39, 0.29) is 30.2 Å². The van der Waals surface area contributed by atoms with Gasteiger partial charge in [-0.2, -0.15) is 0 Å². The molecule has 20 heavy (non-hydrogen) atoms. The molecule has 0 fully saturated rings. The molecule has 0 saturated carbocycles. The number of carboxylic acids is 1. The molecule has 0 saturated heterocycles. The Balaban J connectivity index is 0.00000200. The average molecular weight is 304 g/mol. The van der Waals surface area contributed by atoms with Gasteiger partial charge in [-0.05, 0) is 29.8 Å². The first kappa shape index (κ1) is 17.0. The molecule has 0 aliphatic carbocycles.